The third kappa shape index (κ3) is 4.91. The first kappa shape index (κ1) is 20.5. The van der Waals surface area contributed by atoms with Crippen LogP contribution < -0.4 is 4.90 Å². The van der Waals surface area contributed by atoms with Crippen molar-refractivity contribution in [2.75, 3.05) is 4.90 Å². The number of hydrogen-bond acceptors (Lipinski definition) is 2. The predicted molar refractivity (Wildman–Crippen MR) is 140 cm³/mol. The smallest absolute Gasteiger partial charge is 0.0702 e. The highest BCUT2D eigenvalue weighted by Gasteiger charge is 2.11. The predicted octanol–water partition coefficient (Wildman–Crippen LogP) is 8.39. The fourth-order valence-corrected chi connectivity index (χ4v) is 3.86. The van der Waals surface area contributed by atoms with Crippen LogP contribution in [0.1, 0.15) is 11.1 Å². The Labute approximate surface area is 195 Å². The van der Waals surface area contributed by atoms with E-state index in [1.165, 1.54) is 0 Å². The summed E-state index contributed by atoms with van der Waals surface area (Å²) < 4.78 is 0. The topological polar surface area (TPSA) is 16.1 Å². The summed E-state index contributed by atoms with van der Waals surface area (Å²) in [6.45, 7) is 0. The van der Waals surface area contributed by atoms with Gasteiger partial charge in [0.05, 0.1) is 5.69 Å². The molecule has 0 unspecified atom stereocenters. The maximum absolute atomic E-state index is 4.46. The molecule has 0 amide bonds. The summed E-state index contributed by atoms with van der Waals surface area (Å²) in [7, 11) is 0. The quantitative estimate of drug-likeness (QED) is 0.254. The van der Waals surface area contributed by atoms with Crippen molar-refractivity contribution >= 4 is 29.2 Å². The van der Waals surface area contributed by atoms with Crippen LogP contribution in [0.2, 0.25) is 0 Å². The second-order valence-electron chi connectivity index (χ2n) is 7.77. The van der Waals surface area contributed by atoms with Crippen LogP contribution >= 0.6 is 0 Å². The normalized spacial score (nSPS) is 10.9. The van der Waals surface area contributed by atoms with Crippen LogP contribution in [0, 0.1) is 0 Å². The molecule has 2 heteroatoms. The maximum atomic E-state index is 4.46. The molecular formula is C31H24N2. The Morgan fingerprint density at radius 2 is 1.09 bits per heavy atom. The van der Waals surface area contributed by atoms with Gasteiger partial charge >= 0.3 is 0 Å². The number of benzene rings is 4. The minimum Gasteiger partial charge on any atom is -0.311 e. The lowest BCUT2D eigenvalue weighted by molar-refractivity contribution is 1.28. The van der Waals surface area contributed by atoms with Gasteiger partial charge in [0, 0.05) is 28.8 Å². The lowest BCUT2D eigenvalue weighted by Crippen LogP contribution is -2.09. The van der Waals surface area contributed by atoms with E-state index in [2.05, 4.69) is 119 Å². The highest BCUT2D eigenvalue weighted by Crippen LogP contribution is 2.34. The van der Waals surface area contributed by atoms with Crippen LogP contribution in [0.5, 0.6) is 0 Å². The van der Waals surface area contributed by atoms with E-state index in [4.69, 9.17) is 0 Å². The molecule has 0 atom stereocenters. The van der Waals surface area contributed by atoms with Crippen LogP contribution in [0.15, 0.2) is 134 Å². The Bertz CT molecular complexity index is 1290. The molecule has 0 N–H and O–H groups in total. The summed E-state index contributed by atoms with van der Waals surface area (Å²) >= 11 is 0. The molecule has 1 heterocycles. The number of para-hydroxylation sites is 2. The van der Waals surface area contributed by atoms with Gasteiger partial charge in [0.2, 0.25) is 0 Å². The number of anilines is 3. The summed E-state index contributed by atoms with van der Waals surface area (Å²) in [5.41, 5.74) is 7.81. The first-order chi connectivity index (χ1) is 16.4. The Morgan fingerprint density at radius 3 is 1.73 bits per heavy atom. The fourth-order valence-electron chi connectivity index (χ4n) is 3.86. The van der Waals surface area contributed by atoms with Crippen molar-refractivity contribution in [3.63, 3.8) is 0 Å². The largest absolute Gasteiger partial charge is 0.311 e. The molecule has 0 saturated carbocycles. The van der Waals surface area contributed by atoms with Crippen molar-refractivity contribution in [1.29, 1.82) is 0 Å². The van der Waals surface area contributed by atoms with E-state index < -0.39 is 0 Å². The average molecular weight is 425 g/mol. The summed E-state index contributed by atoms with van der Waals surface area (Å²) in [4.78, 5) is 6.72. The highest BCUT2D eigenvalue weighted by atomic mass is 15.1. The average Bonchev–Trinajstić information content (AvgIpc) is 2.90. The van der Waals surface area contributed by atoms with Crippen LogP contribution in [-0.4, -0.2) is 4.98 Å². The Kier molecular flexibility index (Phi) is 6.08. The van der Waals surface area contributed by atoms with Gasteiger partial charge in [-0.15, -0.1) is 0 Å². The fraction of sp³-hybridized carbons (Fsp3) is 0. The van der Waals surface area contributed by atoms with Crippen LogP contribution in [-0.2, 0) is 0 Å². The van der Waals surface area contributed by atoms with Gasteiger partial charge in [0.25, 0.3) is 0 Å². The first-order valence-electron chi connectivity index (χ1n) is 11.1. The second kappa shape index (κ2) is 9.80. The second-order valence-corrected chi connectivity index (χ2v) is 7.77. The molecule has 2 nitrogen and oxygen atoms in total. The molecule has 0 aliphatic heterocycles. The van der Waals surface area contributed by atoms with Gasteiger partial charge in [-0.25, -0.2) is 0 Å². The number of pyridine rings is 1. The van der Waals surface area contributed by atoms with Crippen molar-refractivity contribution in [1.82, 2.24) is 4.98 Å². The molecule has 4 aromatic carbocycles. The van der Waals surface area contributed by atoms with Crippen molar-refractivity contribution in [2.45, 2.75) is 0 Å². The van der Waals surface area contributed by atoms with E-state index >= 15 is 0 Å². The van der Waals surface area contributed by atoms with Crippen molar-refractivity contribution in [2.24, 2.45) is 0 Å². The van der Waals surface area contributed by atoms with Crippen LogP contribution in [0.25, 0.3) is 23.4 Å². The zero-order valence-corrected chi connectivity index (χ0v) is 18.3. The van der Waals surface area contributed by atoms with Gasteiger partial charge in [-0.1, -0.05) is 84.9 Å². The molecule has 0 aliphatic carbocycles. The minimum absolute atomic E-state index is 0.985. The third-order valence-electron chi connectivity index (χ3n) is 5.50. The molecule has 5 rings (SSSR count). The van der Waals surface area contributed by atoms with Crippen LogP contribution in [0.4, 0.5) is 17.1 Å². The van der Waals surface area contributed by atoms with Crippen molar-refractivity contribution in [3.05, 3.63) is 145 Å². The third-order valence-corrected chi connectivity index (χ3v) is 5.50. The van der Waals surface area contributed by atoms with Crippen molar-refractivity contribution in [3.8, 4) is 11.3 Å². The Morgan fingerprint density at radius 1 is 0.485 bits per heavy atom. The number of hydrogen-bond donors (Lipinski definition) is 0. The minimum atomic E-state index is 0.985. The zero-order valence-electron chi connectivity index (χ0n) is 18.3. The molecule has 0 fully saturated rings. The van der Waals surface area contributed by atoms with Gasteiger partial charge in [-0.2, -0.15) is 0 Å². The molecule has 0 spiro atoms. The Balaban J connectivity index is 1.40. The molecule has 33 heavy (non-hydrogen) atoms. The van der Waals surface area contributed by atoms with E-state index in [1.807, 2.05) is 36.5 Å². The summed E-state index contributed by atoms with van der Waals surface area (Å²) in [6, 6.07) is 44.0. The van der Waals surface area contributed by atoms with E-state index in [0.29, 0.717) is 0 Å². The number of nitrogens with zero attached hydrogens (tertiary/aromatic N) is 2. The SMILES string of the molecule is C(=C\c1cccc(-c2ccccn2)c1)/c1ccc(N(c2ccccc2)c2ccccc2)cc1. The summed E-state index contributed by atoms with van der Waals surface area (Å²) in [5.74, 6) is 0. The maximum Gasteiger partial charge on any atom is 0.0702 e. The standard InChI is InChI=1S/C31H24N2/c1-3-12-28(13-4-1)33(29-14-5-2-6-15-29)30-21-19-25(20-22-30)17-18-26-10-9-11-27(24-26)31-16-7-8-23-32-31/h1-24H/b18-17+. The number of aromatic nitrogens is 1. The van der Waals surface area contributed by atoms with E-state index in [0.717, 1.165) is 39.4 Å². The Hall–Kier alpha value is -4.43. The van der Waals surface area contributed by atoms with Crippen molar-refractivity contribution < 1.29 is 0 Å². The van der Waals surface area contributed by atoms with E-state index in [9.17, 15) is 0 Å². The molecule has 0 bridgehead atoms. The zero-order chi connectivity index (χ0) is 22.3. The van der Waals surface area contributed by atoms with Gasteiger partial charge in [0.1, 0.15) is 0 Å². The van der Waals surface area contributed by atoms with Crippen LogP contribution in [0.3, 0.4) is 0 Å². The van der Waals surface area contributed by atoms with Gasteiger partial charge in [-0.3, -0.25) is 4.98 Å². The molecule has 0 saturated heterocycles. The highest BCUT2D eigenvalue weighted by molar-refractivity contribution is 5.78. The molecule has 158 valence electrons. The molecule has 0 aliphatic rings. The lowest BCUT2D eigenvalue weighted by atomic mass is 10.1. The van der Waals surface area contributed by atoms with Gasteiger partial charge in [0.15, 0.2) is 0 Å². The molecule has 1 aromatic heterocycles. The molecule has 5 aromatic rings. The monoisotopic (exact) mass is 424 g/mol. The van der Waals surface area contributed by atoms with Gasteiger partial charge in [-0.05, 0) is 65.7 Å². The molecular weight excluding hydrogens is 400 g/mol. The van der Waals surface area contributed by atoms with Gasteiger partial charge < -0.3 is 4.90 Å². The lowest BCUT2D eigenvalue weighted by Gasteiger charge is -2.25. The number of rotatable bonds is 6. The summed E-state index contributed by atoms with van der Waals surface area (Å²) in [5, 5.41) is 0. The van der Waals surface area contributed by atoms with E-state index in [1.54, 1.807) is 0 Å². The van der Waals surface area contributed by atoms with E-state index in [-0.39, 0.29) is 0 Å². The first-order valence-corrected chi connectivity index (χ1v) is 11.1. The molecule has 0 radical (unpaired) electrons. The summed E-state index contributed by atoms with van der Waals surface area (Å²) in [6.07, 6.45) is 6.12.